The first-order chi connectivity index (χ1) is 16.8. The summed E-state index contributed by atoms with van der Waals surface area (Å²) in [6.45, 7) is 5.72. The summed E-state index contributed by atoms with van der Waals surface area (Å²) in [4.78, 5) is 19.1. The van der Waals surface area contributed by atoms with Crippen molar-refractivity contribution < 1.29 is 18.0 Å². The lowest BCUT2D eigenvalue weighted by Gasteiger charge is -2.38. The van der Waals surface area contributed by atoms with E-state index in [1.54, 1.807) is 13.1 Å². The molecule has 1 spiro atoms. The quantitative estimate of drug-likeness (QED) is 0.547. The number of carbonyl (C=O) groups is 1. The Balaban J connectivity index is 1.43. The first kappa shape index (κ1) is 23.3. The van der Waals surface area contributed by atoms with Crippen molar-refractivity contribution in [3.05, 3.63) is 53.1 Å². The molecule has 35 heavy (non-hydrogen) atoms. The fraction of sp³-hybridized carbons (Fsp3) is 0.440. The molecule has 2 aromatic heterocycles. The van der Waals surface area contributed by atoms with Crippen LogP contribution in [0.3, 0.4) is 0 Å². The number of aromatic nitrogens is 3. The Morgan fingerprint density at radius 3 is 2.57 bits per heavy atom. The van der Waals surface area contributed by atoms with Gasteiger partial charge in [-0.25, -0.2) is 13.2 Å². The molecular formula is C25H27F3N6O. The van der Waals surface area contributed by atoms with Gasteiger partial charge in [-0.05, 0) is 39.2 Å². The van der Waals surface area contributed by atoms with Crippen molar-refractivity contribution >= 4 is 28.3 Å². The predicted octanol–water partition coefficient (Wildman–Crippen LogP) is 4.69. The molecule has 5 rings (SSSR count). The van der Waals surface area contributed by atoms with E-state index in [1.807, 2.05) is 13.0 Å². The van der Waals surface area contributed by atoms with Crippen LogP contribution in [0.1, 0.15) is 55.5 Å². The van der Waals surface area contributed by atoms with Crippen LogP contribution in [0.25, 0.3) is 10.9 Å². The van der Waals surface area contributed by atoms with Gasteiger partial charge in [-0.15, -0.1) is 5.10 Å². The fourth-order valence-electron chi connectivity index (χ4n) is 5.17. The van der Waals surface area contributed by atoms with E-state index in [4.69, 9.17) is 0 Å². The highest BCUT2D eigenvalue weighted by Gasteiger charge is 2.44. The van der Waals surface area contributed by atoms with E-state index in [0.29, 0.717) is 22.4 Å². The second kappa shape index (κ2) is 8.98. The second-order valence-electron chi connectivity index (χ2n) is 9.41. The molecule has 7 nitrogen and oxygen atoms in total. The molecule has 2 aliphatic rings. The minimum atomic E-state index is -2.90. The first-order valence-corrected chi connectivity index (χ1v) is 11.8. The number of benzene rings is 1. The standard InChI is InChI=1S/C25H27F3N6O/c1-14(17-4-3-5-18(20(17)26)22(27)28)31-23-19-12-16(13-30-21(19)15(2)32-33-23)34-10-7-25(8-11-34)6-9-29-24(25)35/h3-5,12-14,22H,6-11H2,1-2H3,(H,29,35)(H,31,33)/t14-/m1/s1. The van der Waals surface area contributed by atoms with E-state index < -0.39 is 23.8 Å². The van der Waals surface area contributed by atoms with Crippen molar-refractivity contribution in [2.24, 2.45) is 5.41 Å². The topological polar surface area (TPSA) is 83.0 Å². The second-order valence-corrected chi connectivity index (χ2v) is 9.41. The number of halogens is 3. The van der Waals surface area contributed by atoms with Gasteiger partial charge in [0.2, 0.25) is 5.91 Å². The number of hydrogen-bond acceptors (Lipinski definition) is 6. The Hall–Kier alpha value is -3.43. The normalized spacial score (nSPS) is 18.3. The lowest BCUT2D eigenvalue weighted by molar-refractivity contribution is -0.128. The number of alkyl halides is 2. The number of nitrogens with one attached hydrogen (secondary N) is 2. The molecule has 2 N–H and O–H groups in total. The SMILES string of the molecule is Cc1nnc(N[C@H](C)c2cccc(C(F)F)c2F)c2cc(N3CCC4(CCNC4=O)CC3)cnc12. The summed E-state index contributed by atoms with van der Waals surface area (Å²) in [5.41, 5.74) is 1.44. The molecule has 10 heteroatoms. The van der Waals surface area contributed by atoms with Crippen LogP contribution in [0, 0.1) is 18.2 Å². The van der Waals surface area contributed by atoms with E-state index in [9.17, 15) is 18.0 Å². The largest absolute Gasteiger partial charge is 0.370 e. The van der Waals surface area contributed by atoms with E-state index in [1.165, 1.54) is 12.1 Å². The summed E-state index contributed by atoms with van der Waals surface area (Å²) >= 11 is 0. The molecule has 0 bridgehead atoms. The van der Waals surface area contributed by atoms with Gasteiger partial charge < -0.3 is 15.5 Å². The van der Waals surface area contributed by atoms with Crippen molar-refractivity contribution in [1.82, 2.24) is 20.5 Å². The third-order valence-corrected chi connectivity index (χ3v) is 7.34. The first-order valence-electron chi connectivity index (χ1n) is 11.8. The van der Waals surface area contributed by atoms with Crippen molar-refractivity contribution in [2.45, 2.75) is 45.6 Å². The predicted molar refractivity (Wildman–Crippen MR) is 127 cm³/mol. The number of hydrogen-bond donors (Lipinski definition) is 2. The fourth-order valence-corrected chi connectivity index (χ4v) is 5.17. The average Bonchev–Trinajstić information content (AvgIpc) is 3.20. The molecule has 2 saturated heterocycles. The lowest BCUT2D eigenvalue weighted by atomic mass is 9.77. The van der Waals surface area contributed by atoms with Crippen LogP contribution in [-0.4, -0.2) is 40.7 Å². The molecule has 3 aromatic rings. The zero-order chi connectivity index (χ0) is 24.7. The molecule has 184 valence electrons. The molecule has 1 aromatic carbocycles. The molecular weight excluding hydrogens is 457 g/mol. The third kappa shape index (κ3) is 4.15. The van der Waals surface area contributed by atoms with Crippen LogP contribution in [-0.2, 0) is 4.79 Å². The van der Waals surface area contributed by atoms with Gasteiger partial charge in [-0.2, -0.15) is 5.10 Å². The molecule has 2 fully saturated rings. The molecule has 0 aliphatic carbocycles. The van der Waals surface area contributed by atoms with Crippen molar-refractivity contribution in [3.63, 3.8) is 0 Å². The number of carbonyl (C=O) groups excluding carboxylic acids is 1. The van der Waals surface area contributed by atoms with E-state index >= 15 is 0 Å². The van der Waals surface area contributed by atoms with E-state index in [-0.39, 0.29) is 16.9 Å². The van der Waals surface area contributed by atoms with Crippen molar-refractivity contribution in [2.75, 3.05) is 29.9 Å². The van der Waals surface area contributed by atoms with Crippen LogP contribution >= 0.6 is 0 Å². The number of rotatable bonds is 5. The van der Waals surface area contributed by atoms with Gasteiger partial charge in [0.25, 0.3) is 6.43 Å². The van der Waals surface area contributed by atoms with Gasteiger partial charge in [0.05, 0.1) is 40.1 Å². The lowest BCUT2D eigenvalue weighted by Crippen LogP contribution is -2.44. The molecule has 1 amide bonds. The highest BCUT2D eigenvalue weighted by molar-refractivity contribution is 5.92. The molecule has 0 unspecified atom stereocenters. The zero-order valence-corrected chi connectivity index (χ0v) is 19.6. The maximum Gasteiger partial charge on any atom is 0.266 e. The third-order valence-electron chi connectivity index (χ3n) is 7.34. The van der Waals surface area contributed by atoms with Gasteiger partial charge in [0.15, 0.2) is 5.82 Å². The number of pyridine rings is 1. The van der Waals surface area contributed by atoms with Gasteiger partial charge >= 0.3 is 0 Å². The number of amides is 1. The number of fused-ring (bicyclic) bond motifs is 1. The number of aryl methyl sites for hydroxylation is 1. The molecule has 4 heterocycles. The van der Waals surface area contributed by atoms with Crippen LogP contribution < -0.4 is 15.5 Å². The minimum absolute atomic E-state index is 0.124. The highest BCUT2D eigenvalue weighted by atomic mass is 19.3. The Bertz CT molecular complexity index is 1280. The summed E-state index contributed by atoms with van der Waals surface area (Å²) < 4.78 is 41.1. The summed E-state index contributed by atoms with van der Waals surface area (Å²) in [7, 11) is 0. The molecule has 2 aliphatic heterocycles. The Morgan fingerprint density at radius 2 is 1.89 bits per heavy atom. The molecule has 0 saturated carbocycles. The number of nitrogens with zero attached hydrogens (tertiary/aromatic N) is 4. The van der Waals surface area contributed by atoms with Crippen molar-refractivity contribution in [3.8, 4) is 0 Å². The smallest absolute Gasteiger partial charge is 0.266 e. The Morgan fingerprint density at radius 1 is 1.14 bits per heavy atom. The number of anilines is 2. The van der Waals surface area contributed by atoms with Crippen molar-refractivity contribution in [1.29, 1.82) is 0 Å². The summed E-state index contributed by atoms with van der Waals surface area (Å²) in [5, 5.41) is 15.3. The average molecular weight is 485 g/mol. The minimum Gasteiger partial charge on any atom is -0.370 e. The molecule has 0 radical (unpaired) electrons. The van der Waals surface area contributed by atoms with Crippen LogP contribution in [0.5, 0.6) is 0 Å². The Kier molecular flexibility index (Phi) is 5.98. The van der Waals surface area contributed by atoms with Crippen LogP contribution in [0.15, 0.2) is 30.5 Å². The maximum atomic E-state index is 14.7. The summed E-state index contributed by atoms with van der Waals surface area (Å²) in [6, 6.07) is 5.33. The zero-order valence-electron chi connectivity index (χ0n) is 19.6. The monoisotopic (exact) mass is 484 g/mol. The Labute approximate surface area is 201 Å². The maximum absolute atomic E-state index is 14.7. The molecule has 1 atom stereocenters. The summed E-state index contributed by atoms with van der Waals surface area (Å²) in [5.74, 6) is -0.370. The van der Waals surface area contributed by atoms with E-state index in [2.05, 4.69) is 30.7 Å². The van der Waals surface area contributed by atoms with Gasteiger partial charge in [-0.3, -0.25) is 9.78 Å². The highest BCUT2D eigenvalue weighted by Crippen LogP contribution is 2.40. The van der Waals surface area contributed by atoms with Crippen LogP contribution in [0.4, 0.5) is 24.7 Å². The number of piperidine rings is 1. The van der Waals surface area contributed by atoms with Gasteiger partial charge in [0, 0.05) is 30.6 Å². The van der Waals surface area contributed by atoms with Gasteiger partial charge in [0.1, 0.15) is 5.82 Å². The van der Waals surface area contributed by atoms with Gasteiger partial charge in [-0.1, -0.05) is 18.2 Å². The summed E-state index contributed by atoms with van der Waals surface area (Å²) in [6.07, 6.45) is 1.34. The van der Waals surface area contributed by atoms with Crippen LogP contribution in [0.2, 0.25) is 0 Å². The van der Waals surface area contributed by atoms with E-state index in [0.717, 1.165) is 50.7 Å².